The molecule has 1 aliphatic carbocycles. The van der Waals surface area contributed by atoms with Gasteiger partial charge in [-0.3, -0.25) is 0 Å². The summed E-state index contributed by atoms with van der Waals surface area (Å²) in [6.45, 7) is 3.23. The summed E-state index contributed by atoms with van der Waals surface area (Å²) in [4.78, 5) is 12.7. The third kappa shape index (κ3) is 4.12. The van der Waals surface area contributed by atoms with Crippen molar-refractivity contribution >= 4 is 44.7 Å². The lowest BCUT2D eigenvalue weighted by Gasteiger charge is -2.18. The molecule has 7 heteroatoms. The van der Waals surface area contributed by atoms with Crippen LogP contribution in [0.3, 0.4) is 0 Å². The second-order valence-corrected chi connectivity index (χ2v) is 9.89. The van der Waals surface area contributed by atoms with Crippen LogP contribution in [0.25, 0.3) is 10.2 Å². The number of ether oxygens (including phenoxy) is 1. The standard InChI is InChI=1S/C19H22N2O2S3/c1-12-4-5-15-16(7-12)26-19-17(15)18(20-11-21-19)25-10-13(22)8-23-9-14-3-2-6-24-14/h2-3,6,11-13,22H,4-5,7-10H2,1H3/t12-,13+/m1/s1. The molecule has 3 heterocycles. The Bertz CT molecular complexity index is 863. The monoisotopic (exact) mass is 406 g/mol. The van der Waals surface area contributed by atoms with Gasteiger partial charge in [0.2, 0.25) is 0 Å². The molecule has 3 aromatic rings. The Labute approximate surface area is 165 Å². The van der Waals surface area contributed by atoms with E-state index in [0.717, 1.165) is 28.6 Å². The number of aromatic nitrogens is 2. The van der Waals surface area contributed by atoms with E-state index in [4.69, 9.17) is 4.74 Å². The maximum atomic E-state index is 10.3. The highest BCUT2D eigenvalue weighted by Crippen LogP contribution is 2.40. The van der Waals surface area contributed by atoms with Gasteiger partial charge in [0.05, 0.1) is 19.3 Å². The summed E-state index contributed by atoms with van der Waals surface area (Å²) >= 11 is 5.10. The minimum absolute atomic E-state index is 0.346. The quantitative estimate of drug-likeness (QED) is 0.461. The van der Waals surface area contributed by atoms with Crippen LogP contribution in [0.2, 0.25) is 0 Å². The van der Waals surface area contributed by atoms with Gasteiger partial charge in [0.15, 0.2) is 0 Å². The molecule has 0 unspecified atom stereocenters. The molecule has 0 aliphatic heterocycles. The molecule has 1 N–H and O–H groups in total. The molecule has 4 rings (SSSR count). The number of thiophene rings is 2. The Hall–Kier alpha value is -0.990. The summed E-state index contributed by atoms with van der Waals surface area (Å²) < 4.78 is 5.62. The molecule has 138 valence electrons. The van der Waals surface area contributed by atoms with Gasteiger partial charge in [0.1, 0.15) is 16.2 Å². The first-order valence-corrected chi connectivity index (χ1v) is 11.5. The zero-order chi connectivity index (χ0) is 17.9. The average Bonchev–Trinajstić information content (AvgIpc) is 3.26. The Balaban J connectivity index is 1.39. The smallest absolute Gasteiger partial charge is 0.128 e. The topological polar surface area (TPSA) is 55.2 Å². The number of aliphatic hydroxyl groups is 1. The number of rotatable bonds is 7. The van der Waals surface area contributed by atoms with Gasteiger partial charge in [0, 0.05) is 20.9 Å². The van der Waals surface area contributed by atoms with Gasteiger partial charge in [-0.2, -0.15) is 0 Å². The fourth-order valence-corrected chi connectivity index (χ4v) is 6.26. The van der Waals surface area contributed by atoms with Crippen LogP contribution in [-0.4, -0.2) is 33.5 Å². The molecule has 3 aromatic heterocycles. The highest BCUT2D eigenvalue weighted by atomic mass is 32.2. The average molecular weight is 407 g/mol. The van der Waals surface area contributed by atoms with Crippen LogP contribution in [0.15, 0.2) is 28.9 Å². The lowest BCUT2D eigenvalue weighted by Crippen LogP contribution is -2.18. The van der Waals surface area contributed by atoms with Crippen LogP contribution < -0.4 is 0 Å². The van der Waals surface area contributed by atoms with Crippen molar-refractivity contribution in [2.24, 2.45) is 5.92 Å². The molecular formula is C19H22N2O2S3. The SMILES string of the molecule is C[C@@H]1CCc2c(sc3ncnc(SC[C@@H](O)COCc4cccs4)c23)C1. The first-order valence-electron chi connectivity index (χ1n) is 8.87. The molecule has 0 aromatic carbocycles. The summed E-state index contributed by atoms with van der Waals surface area (Å²) in [5.41, 5.74) is 1.44. The fourth-order valence-electron chi connectivity index (χ4n) is 3.27. The van der Waals surface area contributed by atoms with E-state index in [1.807, 2.05) is 28.8 Å². The van der Waals surface area contributed by atoms with E-state index in [1.165, 1.54) is 27.1 Å². The third-order valence-electron chi connectivity index (χ3n) is 4.60. The summed E-state index contributed by atoms with van der Waals surface area (Å²) in [6.07, 6.45) is 4.65. The highest BCUT2D eigenvalue weighted by Gasteiger charge is 2.23. The first-order chi connectivity index (χ1) is 12.7. The second kappa shape index (κ2) is 8.35. The number of aliphatic hydroxyl groups excluding tert-OH is 1. The van der Waals surface area contributed by atoms with Gasteiger partial charge in [-0.05, 0) is 42.2 Å². The van der Waals surface area contributed by atoms with Gasteiger partial charge < -0.3 is 9.84 Å². The number of hydrogen-bond acceptors (Lipinski definition) is 7. The van der Waals surface area contributed by atoms with E-state index in [9.17, 15) is 5.11 Å². The maximum Gasteiger partial charge on any atom is 0.128 e. The van der Waals surface area contributed by atoms with Crippen molar-refractivity contribution in [3.8, 4) is 0 Å². The minimum atomic E-state index is -0.500. The molecule has 0 saturated heterocycles. The second-order valence-electron chi connectivity index (χ2n) is 6.77. The zero-order valence-electron chi connectivity index (χ0n) is 14.7. The molecule has 0 fully saturated rings. The summed E-state index contributed by atoms with van der Waals surface area (Å²) in [5, 5.41) is 14.5. The largest absolute Gasteiger partial charge is 0.390 e. The van der Waals surface area contributed by atoms with Crippen molar-refractivity contribution < 1.29 is 9.84 Å². The number of hydrogen-bond donors (Lipinski definition) is 1. The van der Waals surface area contributed by atoms with Crippen LogP contribution in [0.5, 0.6) is 0 Å². The predicted octanol–water partition coefficient (Wildman–Crippen LogP) is 4.55. The van der Waals surface area contributed by atoms with E-state index in [1.54, 1.807) is 29.4 Å². The molecule has 2 atom stereocenters. The van der Waals surface area contributed by atoms with Gasteiger partial charge >= 0.3 is 0 Å². The third-order valence-corrected chi connectivity index (χ3v) is 7.75. The van der Waals surface area contributed by atoms with Crippen LogP contribution in [-0.2, 0) is 24.2 Å². The number of thioether (sulfide) groups is 1. The number of nitrogens with zero attached hydrogens (tertiary/aromatic N) is 2. The molecule has 4 nitrogen and oxygen atoms in total. The molecule has 0 radical (unpaired) electrons. The highest BCUT2D eigenvalue weighted by molar-refractivity contribution is 7.99. The maximum absolute atomic E-state index is 10.3. The fraction of sp³-hybridized carbons (Fsp3) is 0.474. The van der Waals surface area contributed by atoms with Crippen molar-refractivity contribution in [3.05, 3.63) is 39.2 Å². The molecule has 0 spiro atoms. The summed E-state index contributed by atoms with van der Waals surface area (Å²) in [7, 11) is 0. The van der Waals surface area contributed by atoms with E-state index >= 15 is 0 Å². The van der Waals surface area contributed by atoms with E-state index in [-0.39, 0.29) is 0 Å². The zero-order valence-corrected chi connectivity index (χ0v) is 17.1. The van der Waals surface area contributed by atoms with Crippen LogP contribution >= 0.6 is 34.4 Å². The van der Waals surface area contributed by atoms with Crippen LogP contribution in [0.1, 0.15) is 28.7 Å². The summed E-state index contributed by atoms with van der Waals surface area (Å²) in [6, 6.07) is 4.06. The van der Waals surface area contributed by atoms with E-state index < -0.39 is 6.10 Å². The van der Waals surface area contributed by atoms with Crippen molar-refractivity contribution in [3.63, 3.8) is 0 Å². The van der Waals surface area contributed by atoms with Crippen LogP contribution in [0, 0.1) is 5.92 Å². The first kappa shape index (κ1) is 18.4. The number of fused-ring (bicyclic) bond motifs is 3. The van der Waals surface area contributed by atoms with Crippen molar-refractivity contribution in [2.75, 3.05) is 12.4 Å². The Kier molecular flexibility index (Phi) is 5.90. The Morgan fingerprint density at radius 3 is 3.19 bits per heavy atom. The van der Waals surface area contributed by atoms with Crippen molar-refractivity contribution in [1.29, 1.82) is 0 Å². The summed E-state index contributed by atoms with van der Waals surface area (Å²) in [5.74, 6) is 1.33. The van der Waals surface area contributed by atoms with Crippen molar-refractivity contribution in [2.45, 2.75) is 43.9 Å². The number of aryl methyl sites for hydroxylation is 1. The molecule has 26 heavy (non-hydrogen) atoms. The molecule has 0 saturated carbocycles. The molecular weight excluding hydrogens is 384 g/mol. The molecule has 1 aliphatic rings. The molecule has 0 bridgehead atoms. The Morgan fingerprint density at radius 2 is 2.35 bits per heavy atom. The minimum Gasteiger partial charge on any atom is -0.390 e. The van der Waals surface area contributed by atoms with E-state index in [0.29, 0.717) is 19.0 Å². The predicted molar refractivity (Wildman–Crippen MR) is 109 cm³/mol. The van der Waals surface area contributed by atoms with Crippen molar-refractivity contribution in [1.82, 2.24) is 9.97 Å². The lowest BCUT2D eigenvalue weighted by atomic mass is 9.89. The van der Waals surface area contributed by atoms with Gasteiger partial charge in [-0.1, -0.05) is 13.0 Å². The van der Waals surface area contributed by atoms with Gasteiger partial charge in [0.25, 0.3) is 0 Å². The Morgan fingerprint density at radius 1 is 1.42 bits per heavy atom. The van der Waals surface area contributed by atoms with Crippen LogP contribution in [0.4, 0.5) is 0 Å². The van der Waals surface area contributed by atoms with E-state index in [2.05, 4.69) is 16.9 Å². The van der Waals surface area contributed by atoms with Gasteiger partial charge in [-0.15, -0.1) is 34.4 Å². The van der Waals surface area contributed by atoms with Gasteiger partial charge in [-0.25, -0.2) is 9.97 Å². The lowest BCUT2D eigenvalue weighted by molar-refractivity contribution is 0.0409. The normalized spacial score (nSPS) is 18.2. The molecule has 0 amide bonds.